The molecule has 1 fully saturated rings. The van der Waals surface area contributed by atoms with Crippen LogP contribution in [0.25, 0.3) is 22.2 Å². The Kier molecular flexibility index (Phi) is 7.74. The van der Waals surface area contributed by atoms with Gasteiger partial charge in [-0.3, -0.25) is 9.89 Å². The second-order valence-corrected chi connectivity index (χ2v) is 9.95. The number of amides is 1. The van der Waals surface area contributed by atoms with Gasteiger partial charge in [0.2, 0.25) is 0 Å². The number of aliphatic hydroxyl groups is 1. The van der Waals surface area contributed by atoms with E-state index in [1.807, 2.05) is 60.7 Å². The molecule has 0 saturated carbocycles. The molecule has 0 radical (unpaired) electrons. The Bertz CT molecular complexity index is 1370. The van der Waals surface area contributed by atoms with Gasteiger partial charge in [0.15, 0.2) is 0 Å². The van der Waals surface area contributed by atoms with Gasteiger partial charge >= 0.3 is 0 Å². The summed E-state index contributed by atoms with van der Waals surface area (Å²) in [5, 5.41) is 21.5. The summed E-state index contributed by atoms with van der Waals surface area (Å²) in [6, 6.07) is 20.5. The third-order valence-electron chi connectivity index (χ3n) is 6.91. The number of aliphatic hydroxyl groups excluding tert-OH is 1. The fourth-order valence-corrected chi connectivity index (χ4v) is 5.00. The fourth-order valence-electron chi connectivity index (χ4n) is 4.78. The molecule has 37 heavy (non-hydrogen) atoms. The topological polar surface area (TPSA) is 90.5 Å². The van der Waals surface area contributed by atoms with Crippen molar-refractivity contribution >= 4 is 28.4 Å². The van der Waals surface area contributed by atoms with Crippen molar-refractivity contribution in [2.75, 3.05) is 26.7 Å². The first kappa shape index (κ1) is 25.3. The van der Waals surface area contributed by atoms with Crippen LogP contribution >= 0.6 is 11.6 Å². The molecule has 3 aromatic carbocycles. The number of aromatic nitrogens is 2. The van der Waals surface area contributed by atoms with Crippen molar-refractivity contribution in [1.29, 1.82) is 0 Å². The summed E-state index contributed by atoms with van der Waals surface area (Å²) in [4.78, 5) is 15.5. The molecule has 1 aromatic heterocycles. The third-order valence-corrected chi connectivity index (χ3v) is 7.21. The number of rotatable bonds is 8. The molecular formula is C29H31ClN4O3. The molecule has 0 bridgehead atoms. The second kappa shape index (κ2) is 11.3. The maximum atomic E-state index is 13.2. The normalized spacial score (nSPS) is 15.5. The summed E-state index contributed by atoms with van der Waals surface area (Å²) in [6.07, 6.45) is 2.55. The molecular weight excluding hydrogens is 488 g/mol. The summed E-state index contributed by atoms with van der Waals surface area (Å²) in [6.45, 7) is 2.01. The van der Waals surface area contributed by atoms with E-state index in [0.717, 1.165) is 48.0 Å². The Morgan fingerprint density at radius 1 is 1.16 bits per heavy atom. The fraction of sp³-hybridized carbons (Fsp3) is 0.310. The van der Waals surface area contributed by atoms with Gasteiger partial charge in [-0.25, -0.2) is 0 Å². The van der Waals surface area contributed by atoms with Crippen LogP contribution in [0, 0.1) is 0 Å². The lowest BCUT2D eigenvalue weighted by Gasteiger charge is -2.29. The first-order chi connectivity index (χ1) is 18.0. The van der Waals surface area contributed by atoms with Gasteiger partial charge in [-0.15, -0.1) is 0 Å². The maximum Gasteiger partial charge on any atom is 0.251 e. The van der Waals surface area contributed by atoms with E-state index in [0.29, 0.717) is 28.5 Å². The highest BCUT2D eigenvalue weighted by atomic mass is 35.5. The Morgan fingerprint density at radius 2 is 1.95 bits per heavy atom. The minimum absolute atomic E-state index is 0.0248. The minimum Gasteiger partial charge on any atom is -0.489 e. The molecule has 7 nitrogen and oxygen atoms in total. The van der Waals surface area contributed by atoms with E-state index in [1.165, 1.54) is 0 Å². The average molecular weight is 519 g/mol. The van der Waals surface area contributed by atoms with Gasteiger partial charge in [-0.2, -0.15) is 5.10 Å². The van der Waals surface area contributed by atoms with Gasteiger partial charge < -0.3 is 20.1 Å². The van der Waals surface area contributed by atoms with E-state index < -0.39 is 0 Å². The molecule has 1 amide bonds. The van der Waals surface area contributed by atoms with Crippen LogP contribution < -0.4 is 10.1 Å². The molecule has 1 atom stereocenters. The lowest BCUT2D eigenvalue weighted by molar-refractivity contribution is 0.0930. The lowest BCUT2D eigenvalue weighted by Crippen LogP contribution is -2.35. The number of nitrogens with zero attached hydrogens (tertiary/aromatic N) is 2. The molecule has 0 unspecified atom stereocenters. The van der Waals surface area contributed by atoms with Crippen LogP contribution in [0.2, 0.25) is 5.02 Å². The van der Waals surface area contributed by atoms with Crippen molar-refractivity contribution in [3.05, 3.63) is 82.9 Å². The summed E-state index contributed by atoms with van der Waals surface area (Å²) >= 11 is 6.61. The highest BCUT2D eigenvalue weighted by Gasteiger charge is 2.20. The number of H-pyrrole nitrogens is 1. The average Bonchev–Trinajstić information content (AvgIpc) is 3.34. The zero-order chi connectivity index (χ0) is 25.8. The maximum absolute atomic E-state index is 13.2. The van der Waals surface area contributed by atoms with E-state index in [9.17, 15) is 9.90 Å². The van der Waals surface area contributed by atoms with Crippen LogP contribution in [0.5, 0.6) is 5.75 Å². The Balaban J connectivity index is 1.36. The molecule has 3 N–H and O–H groups in total. The molecule has 192 valence electrons. The van der Waals surface area contributed by atoms with Crippen LogP contribution in [0.1, 0.15) is 41.2 Å². The van der Waals surface area contributed by atoms with Crippen molar-refractivity contribution in [2.24, 2.45) is 0 Å². The van der Waals surface area contributed by atoms with Gasteiger partial charge in [-0.05, 0) is 68.3 Å². The monoisotopic (exact) mass is 518 g/mol. The van der Waals surface area contributed by atoms with Crippen molar-refractivity contribution in [2.45, 2.75) is 31.4 Å². The number of benzene rings is 3. The molecule has 5 rings (SSSR count). The number of carbonyl (C=O) groups excluding carboxylic acids is 1. The van der Waals surface area contributed by atoms with E-state index in [-0.39, 0.29) is 24.7 Å². The van der Waals surface area contributed by atoms with Gasteiger partial charge in [0.05, 0.1) is 22.3 Å². The Hall–Kier alpha value is -3.39. The molecule has 0 aliphatic carbocycles. The van der Waals surface area contributed by atoms with Gasteiger partial charge in [0, 0.05) is 36.2 Å². The number of halogens is 1. The molecule has 1 aliphatic heterocycles. The summed E-state index contributed by atoms with van der Waals surface area (Å²) in [7, 11) is 2.12. The van der Waals surface area contributed by atoms with E-state index in [4.69, 9.17) is 16.3 Å². The van der Waals surface area contributed by atoms with Gasteiger partial charge in [-0.1, -0.05) is 41.9 Å². The Morgan fingerprint density at radius 3 is 2.68 bits per heavy atom. The molecule has 4 aromatic rings. The van der Waals surface area contributed by atoms with Crippen LogP contribution in [-0.4, -0.2) is 59.0 Å². The second-order valence-electron chi connectivity index (χ2n) is 9.55. The largest absolute Gasteiger partial charge is 0.489 e. The van der Waals surface area contributed by atoms with Gasteiger partial charge in [0.25, 0.3) is 5.91 Å². The predicted octanol–water partition coefficient (Wildman–Crippen LogP) is 5.21. The highest BCUT2D eigenvalue weighted by Crippen LogP contribution is 2.34. The number of aromatic amines is 1. The molecule has 2 heterocycles. The third kappa shape index (κ3) is 5.80. The van der Waals surface area contributed by atoms with Crippen molar-refractivity contribution in [3.8, 4) is 17.0 Å². The number of carbonyl (C=O) groups is 1. The molecule has 8 heteroatoms. The van der Waals surface area contributed by atoms with E-state index in [2.05, 4.69) is 27.5 Å². The van der Waals surface area contributed by atoms with Crippen LogP contribution in [-0.2, 0) is 0 Å². The first-order valence-electron chi connectivity index (χ1n) is 12.6. The number of nitrogens with one attached hydrogen (secondary N) is 2. The van der Waals surface area contributed by atoms with Crippen molar-refractivity contribution in [3.63, 3.8) is 0 Å². The zero-order valence-corrected chi connectivity index (χ0v) is 21.5. The predicted molar refractivity (Wildman–Crippen MR) is 146 cm³/mol. The first-order valence-corrected chi connectivity index (χ1v) is 13.0. The lowest BCUT2D eigenvalue weighted by atomic mass is 10.0. The SMILES string of the molecule is CN1CCC(Oc2ccc(-c3n[nH]c4ccc(C(=O)N[C@H](CCO)c5ccccc5)cc34)cc2Cl)CC1. The molecule has 1 aliphatic rings. The number of piperidine rings is 1. The number of fused-ring (bicyclic) bond motifs is 1. The summed E-state index contributed by atoms with van der Waals surface area (Å²) in [5.74, 6) is 0.465. The quantitative estimate of drug-likeness (QED) is 0.298. The summed E-state index contributed by atoms with van der Waals surface area (Å²) in [5.41, 5.74) is 3.85. The van der Waals surface area contributed by atoms with Crippen molar-refractivity contribution in [1.82, 2.24) is 20.4 Å². The van der Waals surface area contributed by atoms with Crippen molar-refractivity contribution < 1.29 is 14.6 Å². The number of ether oxygens (including phenoxy) is 1. The van der Waals surface area contributed by atoms with Crippen LogP contribution in [0.4, 0.5) is 0 Å². The zero-order valence-electron chi connectivity index (χ0n) is 20.8. The number of hydrogen-bond acceptors (Lipinski definition) is 5. The van der Waals surface area contributed by atoms with Gasteiger partial charge in [0.1, 0.15) is 11.9 Å². The molecule has 0 spiro atoms. The summed E-state index contributed by atoms with van der Waals surface area (Å²) < 4.78 is 6.18. The van der Waals surface area contributed by atoms with Crippen LogP contribution in [0.3, 0.4) is 0 Å². The highest BCUT2D eigenvalue weighted by molar-refractivity contribution is 6.32. The standard InChI is InChI=1S/C29H31ClN4O3/c1-34-14-11-22(12-15-34)37-27-10-8-20(18-24(27)30)28-23-17-21(7-9-26(23)32-33-28)29(36)31-25(13-16-35)19-5-3-2-4-6-19/h2-10,17-18,22,25,35H,11-16H2,1H3,(H,31,36)(H,32,33)/t25-/m1/s1. The van der Waals surface area contributed by atoms with E-state index in [1.54, 1.807) is 6.07 Å². The minimum atomic E-state index is -0.283. The molecule has 1 saturated heterocycles. The Labute approximate surface area is 221 Å². The number of likely N-dealkylation sites (tertiary alicyclic amines) is 1. The smallest absolute Gasteiger partial charge is 0.251 e. The van der Waals surface area contributed by atoms with E-state index >= 15 is 0 Å². The number of hydrogen-bond donors (Lipinski definition) is 3. The van der Waals surface area contributed by atoms with Crippen LogP contribution in [0.15, 0.2) is 66.7 Å².